The van der Waals surface area contributed by atoms with Gasteiger partial charge in [0.25, 0.3) is 0 Å². The molecule has 0 aromatic heterocycles. The van der Waals surface area contributed by atoms with Gasteiger partial charge in [0.1, 0.15) is 11.5 Å². The fourth-order valence-electron chi connectivity index (χ4n) is 7.51. The van der Waals surface area contributed by atoms with Crippen LogP contribution in [0.3, 0.4) is 0 Å². The first-order valence-electron chi connectivity index (χ1n) is 11.0. The van der Waals surface area contributed by atoms with E-state index in [9.17, 15) is 36.6 Å². The second-order valence-corrected chi connectivity index (χ2v) is 10.4. The highest BCUT2D eigenvalue weighted by atomic mass is 19.4. The molecule has 0 aliphatic heterocycles. The first-order chi connectivity index (χ1) is 15.7. The number of phenols is 2. The van der Waals surface area contributed by atoms with Gasteiger partial charge in [0, 0.05) is 5.41 Å². The standard InChI is InChI=1S/C24H24F6N2O2/c25-23(26,27)20-7-14-8-21(11-20,24(28,29)30)10-15(9-20)22(14,12-1-3-18(33)16(31)5-12)13-2-4-19(34)17(32)6-13/h1-6,14-15,33-34H,7-11,31-32H2. The number of anilines is 2. The van der Waals surface area contributed by atoms with Crippen molar-refractivity contribution >= 4 is 11.4 Å². The average molecular weight is 486 g/mol. The smallest absolute Gasteiger partial charge is 0.394 e. The molecule has 0 heterocycles. The van der Waals surface area contributed by atoms with Crippen molar-refractivity contribution in [1.29, 1.82) is 0 Å². The minimum Gasteiger partial charge on any atom is -0.506 e. The van der Waals surface area contributed by atoms with Crippen LogP contribution in [0, 0.1) is 22.7 Å². The van der Waals surface area contributed by atoms with Gasteiger partial charge in [0.2, 0.25) is 0 Å². The lowest BCUT2D eigenvalue weighted by Gasteiger charge is -2.69. The Labute approximate surface area is 191 Å². The van der Waals surface area contributed by atoms with Gasteiger partial charge in [-0.05, 0) is 79.3 Å². The largest absolute Gasteiger partial charge is 0.506 e. The summed E-state index contributed by atoms with van der Waals surface area (Å²) < 4.78 is 86.2. The van der Waals surface area contributed by atoms with Crippen molar-refractivity contribution in [1.82, 2.24) is 0 Å². The Kier molecular flexibility index (Phi) is 4.51. The number of nitrogens with two attached hydrogens (primary N) is 2. The number of halogens is 6. The van der Waals surface area contributed by atoms with E-state index in [1.807, 2.05) is 0 Å². The summed E-state index contributed by atoms with van der Waals surface area (Å²) in [4.78, 5) is 0. The minimum absolute atomic E-state index is 0.0199. The Morgan fingerprint density at radius 1 is 0.676 bits per heavy atom. The summed E-state index contributed by atoms with van der Waals surface area (Å²) in [6.45, 7) is 0. The van der Waals surface area contributed by atoms with E-state index in [1.165, 1.54) is 36.4 Å². The van der Waals surface area contributed by atoms with Crippen LogP contribution in [0.2, 0.25) is 0 Å². The van der Waals surface area contributed by atoms with Gasteiger partial charge in [-0.2, -0.15) is 26.3 Å². The van der Waals surface area contributed by atoms with E-state index in [2.05, 4.69) is 0 Å². The number of alkyl halides is 6. The Bertz CT molecular complexity index is 1060. The molecule has 0 saturated heterocycles. The van der Waals surface area contributed by atoms with Crippen molar-refractivity contribution in [3.05, 3.63) is 47.5 Å². The van der Waals surface area contributed by atoms with Crippen LogP contribution in [-0.2, 0) is 5.41 Å². The lowest BCUT2D eigenvalue weighted by atomic mass is 9.34. The Morgan fingerprint density at radius 2 is 1.03 bits per heavy atom. The van der Waals surface area contributed by atoms with Crippen molar-refractivity contribution in [2.24, 2.45) is 22.7 Å². The van der Waals surface area contributed by atoms with E-state index >= 15 is 0 Å². The highest BCUT2D eigenvalue weighted by molar-refractivity contribution is 5.61. The maximum Gasteiger partial charge on any atom is 0.394 e. The molecule has 2 aromatic carbocycles. The molecule has 6 rings (SSSR count). The summed E-state index contributed by atoms with van der Waals surface area (Å²) in [6.07, 6.45) is -12.3. The molecule has 184 valence electrons. The SMILES string of the molecule is Nc1cc(C2(c3ccc(O)c(N)c3)C3CC4(C(F)(F)F)CC2CC(C(F)(F)F)(C3)C4)ccc1O. The Balaban J connectivity index is 1.79. The highest BCUT2D eigenvalue weighted by Crippen LogP contribution is 2.78. The van der Waals surface area contributed by atoms with Crippen LogP contribution in [0.25, 0.3) is 0 Å². The third-order valence-corrected chi connectivity index (χ3v) is 8.73. The number of nitrogen functional groups attached to an aromatic ring is 2. The van der Waals surface area contributed by atoms with E-state index in [-0.39, 0.29) is 22.9 Å². The molecule has 4 nitrogen and oxygen atoms in total. The van der Waals surface area contributed by atoms with Gasteiger partial charge in [0.15, 0.2) is 0 Å². The zero-order valence-electron chi connectivity index (χ0n) is 18.0. The summed E-state index contributed by atoms with van der Waals surface area (Å²) in [5, 5.41) is 19.9. The van der Waals surface area contributed by atoms with Gasteiger partial charge in [-0.1, -0.05) is 12.1 Å². The fourth-order valence-corrected chi connectivity index (χ4v) is 7.51. The van der Waals surface area contributed by atoms with Crippen molar-refractivity contribution in [3.8, 4) is 11.5 Å². The molecule has 4 fully saturated rings. The quantitative estimate of drug-likeness (QED) is 0.243. The first-order valence-corrected chi connectivity index (χ1v) is 11.0. The molecule has 34 heavy (non-hydrogen) atoms. The van der Waals surface area contributed by atoms with Crippen LogP contribution >= 0.6 is 0 Å². The molecule has 10 heteroatoms. The summed E-state index contributed by atoms with van der Waals surface area (Å²) in [5.41, 5.74) is 6.59. The first kappa shape index (κ1) is 23.0. The van der Waals surface area contributed by atoms with Crippen molar-refractivity contribution in [2.75, 3.05) is 11.5 Å². The number of phenolic OH excluding ortho intramolecular Hbond substituents is 2. The van der Waals surface area contributed by atoms with Crippen LogP contribution in [0.5, 0.6) is 11.5 Å². The van der Waals surface area contributed by atoms with E-state index < -0.39 is 72.5 Å². The maximum absolute atomic E-state index is 14.4. The molecule has 0 spiro atoms. The molecule has 0 atom stereocenters. The lowest BCUT2D eigenvalue weighted by Crippen LogP contribution is -2.68. The van der Waals surface area contributed by atoms with E-state index in [0.717, 1.165) is 0 Å². The Hall–Kier alpha value is -2.78. The number of rotatable bonds is 2. The van der Waals surface area contributed by atoms with Gasteiger partial charge in [0.05, 0.1) is 22.2 Å². The van der Waals surface area contributed by atoms with Crippen molar-refractivity contribution in [2.45, 2.75) is 49.9 Å². The minimum atomic E-state index is -4.78. The van der Waals surface area contributed by atoms with Crippen molar-refractivity contribution < 1.29 is 36.6 Å². The molecule has 0 radical (unpaired) electrons. The van der Waals surface area contributed by atoms with Gasteiger partial charge < -0.3 is 21.7 Å². The summed E-state index contributed by atoms with van der Waals surface area (Å²) in [5.74, 6) is -2.48. The fraction of sp³-hybridized carbons (Fsp3) is 0.500. The topological polar surface area (TPSA) is 92.5 Å². The zero-order chi connectivity index (χ0) is 24.9. The molecule has 4 bridgehead atoms. The molecular formula is C24H24F6N2O2. The van der Waals surface area contributed by atoms with Gasteiger partial charge in [-0.3, -0.25) is 0 Å². The van der Waals surface area contributed by atoms with E-state index in [1.54, 1.807) is 0 Å². The summed E-state index contributed by atoms with van der Waals surface area (Å²) in [7, 11) is 0. The highest BCUT2D eigenvalue weighted by Gasteiger charge is 2.78. The third kappa shape index (κ3) is 2.80. The van der Waals surface area contributed by atoms with E-state index in [0.29, 0.717) is 11.1 Å². The monoisotopic (exact) mass is 486 g/mol. The van der Waals surface area contributed by atoms with Crippen LogP contribution in [-0.4, -0.2) is 22.6 Å². The van der Waals surface area contributed by atoms with Crippen molar-refractivity contribution in [3.63, 3.8) is 0 Å². The molecular weight excluding hydrogens is 462 g/mol. The predicted molar refractivity (Wildman–Crippen MR) is 113 cm³/mol. The lowest BCUT2D eigenvalue weighted by molar-refractivity contribution is -0.347. The molecule has 4 saturated carbocycles. The summed E-state index contributed by atoms with van der Waals surface area (Å²) >= 11 is 0. The van der Waals surface area contributed by atoms with Gasteiger partial charge >= 0.3 is 12.4 Å². The summed E-state index contributed by atoms with van der Waals surface area (Å²) in [6, 6.07) is 8.50. The molecule has 2 aromatic rings. The molecule has 4 aliphatic carbocycles. The Morgan fingerprint density at radius 3 is 1.32 bits per heavy atom. The van der Waals surface area contributed by atoms with Crippen LogP contribution in [0.15, 0.2) is 36.4 Å². The number of hydrogen-bond acceptors (Lipinski definition) is 4. The van der Waals surface area contributed by atoms with Gasteiger partial charge in [-0.15, -0.1) is 0 Å². The molecule has 6 N–H and O–H groups in total. The van der Waals surface area contributed by atoms with E-state index in [4.69, 9.17) is 11.5 Å². The second-order valence-electron chi connectivity index (χ2n) is 10.4. The molecule has 0 amide bonds. The third-order valence-electron chi connectivity index (χ3n) is 8.73. The predicted octanol–water partition coefficient (Wildman–Crippen LogP) is 5.87. The number of hydrogen-bond donors (Lipinski definition) is 4. The maximum atomic E-state index is 14.4. The van der Waals surface area contributed by atoms with Gasteiger partial charge in [-0.25, -0.2) is 0 Å². The van der Waals surface area contributed by atoms with Crippen LogP contribution in [0.4, 0.5) is 37.7 Å². The number of benzene rings is 2. The molecule has 4 aliphatic rings. The average Bonchev–Trinajstić information content (AvgIpc) is 2.71. The normalized spacial score (nSPS) is 32.2. The van der Waals surface area contributed by atoms with Crippen LogP contribution < -0.4 is 11.5 Å². The zero-order valence-corrected chi connectivity index (χ0v) is 18.0. The second kappa shape index (κ2) is 6.66. The number of aromatic hydroxyl groups is 2. The van der Waals surface area contributed by atoms with Crippen LogP contribution in [0.1, 0.15) is 43.2 Å². The molecule has 0 unspecified atom stereocenters.